The van der Waals surface area contributed by atoms with Gasteiger partial charge in [-0.1, -0.05) is 6.92 Å². The molecule has 0 atom stereocenters. The molecule has 0 bridgehead atoms. The molecule has 0 spiro atoms. The molecule has 6 nitrogen and oxygen atoms in total. The molecule has 1 aliphatic heterocycles. The maximum Gasteiger partial charge on any atom is 0.146 e. The zero-order chi connectivity index (χ0) is 12.5. The molecule has 0 aromatic carbocycles. The highest BCUT2D eigenvalue weighted by molar-refractivity contribution is 5.40. The topological polar surface area (TPSA) is 59.7 Å². The zero-order valence-electron chi connectivity index (χ0n) is 10.7. The monoisotopic (exact) mass is 244 g/mol. The van der Waals surface area contributed by atoms with Crippen LogP contribution in [0.4, 0.5) is 5.82 Å². The summed E-state index contributed by atoms with van der Waals surface area (Å²) in [5.41, 5.74) is 1.09. The molecule has 0 N–H and O–H groups in total. The molecular formula is C12H16N6. The highest BCUT2D eigenvalue weighted by Gasteiger charge is 2.19. The number of fused-ring (bicyclic) bond motifs is 1. The molecule has 3 rings (SSSR count). The molecule has 0 radical (unpaired) electrons. The maximum atomic E-state index is 4.52. The number of anilines is 1. The van der Waals surface area contributed by atoms with E-state index in [0.717, 1.165) is 49.2 Å². The van der Waals surface area contributed by atoms with Crippen LogP contribution in [0, 0.1) is 6.92 Å². The van der Waals surface area contributed by atoms with Gasteiger partial charge in [0.2, 0.25) is 0 Å². The minimum atomic E-state index is 0.763. The van der Waals surface area contributed by atoms with E-state index in [0.29, 0.717) is 0 Å². The molecule has 2 aromatic rings. The van der Waals surface area contributed by atoms with Crippen LogP contribution in [0.5, 0.6) is 0 Å². The Labute approximate surface area is 106 Å². The van der Waals surface area contributed by atoms with Gasteiger partial charge in [0.05, 0.1) is 13.1 Å². The summed E-state index contributed by atoms with van der Waals surface area (Å²) in [6.07, 6.45) is 2.54. The lowest BCUT2D eigenvalue weighted by atomic mass is 10.3. The Kier molecular flexibility index (Phi) is 2.70. The third-order valence-corrected chi connectivity index (χ3v) is 3.17. The van der Waals surface area contributed by atoms with E-state index >= 15 is 0 Å². The summed E-state index contributed by atoms with van der Waals surface area (Å²) >= 11 is 0. The minimum absolute atomic E-state index is 0.763. The largest absolute Gasteiger partial charge is 0.347 e. The van der Waals surface area contributed by atoms with Crippen molar-refractivity contribution in [3.05, 3.63) is 29.7 Å². The van der Waals surface area contributed by atoms with Crippen molar-refractivity contribution in [1.29, 1.82) is 0 Å². The van der Waals surface area contributed by atoms with E-state index in [-0.39, 0.29) is 0 Å². The zero-order valence-corrected chi connectivity index (χ0v) is 10.7. The van der Waals surface area contributed by atoms with Crippen molar-refractivity contribution in [2.45, 2.75) is 33.4 Å². The fourth-order valence-electron chi connectivity index (χ4n) is 2.21. The fraction of sp³-hybridized carbons (Fsp3) is 0.500. The van der Waals surface area contributed by atoms with Gasteiger partial charge in [-0.2, -0.15) is 5.10 Å². The lowest BCUT2D eigenvalue weighted by Gasteiger charge is -2.28. The summed E-state index contributed by atoms with van der Waals surface area (Å²) in [7, 11) is 0. The SMILES string of the molecule is CCc1cc(N2CCn3ncnc3C2)nc(C)n1. The first kappa shape index (κ1) is 11.1. The van der Waals surface area contributed by atoms with Gasteiger partial charge in [-0.15, -0.1) is 0 Å². The molecular weight excluding hydrogens is 228 g/mol. The van der Waals surface area contributed by atoms with Gasteiger partial charge in [0.1, 0.15) is 23.8 Å². The van der Waals surface area contributed by atoms with Crippen molar-refractivity contribution in [2.75, 3.05) is 11.4 Å². The second kappa shape index (κ2) is 4.36. The summed E-state index contributed by atoms with van der Waals surface area (Å²) in [6, 6.07) is 2.07. The predicted molar refractivity (Wildman–Crippen MR) is 67.2 cm³/mol. The summed E-state index contributed by atoms with van der Waals surface area (Å²) in [5, 5.41) is 4.18. The molecule has 94 valence electrons. The third-order valence-electron chi connectivity index (χ3n) is 3.17. The summed E-state index contributed by atoms with van der Waals surface area (Å²) in [5.74, 6) is 2.82. The number of nitrogens with zero attached hydrogens (tertiary/aromatic N) is 6. The van der Waals surface area contributed by atoms with E-state index < -0.39 is 0 Å². The van der Waals surface area contributed by atoms with Gasteiger partial charge >= 0.3 is 0 Å². The van der Waals surface area contributed by atoms with Crippen LogP contribution in [-0.4, -0.2) is 31.3 Å². The number of hydrogen-bond donors (Lipinski definition) is 0. The van der Waals surface area contributed by atoms with Gasteiger partial charge in [0.25, 0.3) is 0 Å². The molecule has 2 aromatic heterocycles. The van der Waals surface area contributed by atoms with Crippen molar-refractivity contribution in [3.8, 4) is 0 Å². The van der Waals surface area contributed by atoms with Gasteiger partial charge in [0, 0.05) is 18.3 Å². The van der Waals surface area contributed by atoms with E-state index in [1.54, 1.807) is 6.33 Å². The summed E-state index contributed by atoms with van der Waals surface area (Å²) in [4.78, 5) is 15.4. The van der Waals surface area contributed by atoms with Gasteiger partial charge in [-0.25, -0.2) is 19.6 Å². The fourth-order valence-corrected chi connectivity index (χ4v) is 2.21. The Balaban J connectivity index is 1.90. The smallest absolute Gasteiger partial charge is 0.146 e. The average Bonchev–Trinajstić information content (AvgIpc) is 2.85. The Hall–Kier alpha value is -1.98. The van der Waals surface area contributed by atoms with Gasteiger partial charge in [0.15, 0.2) is 0 Å². The molecule has 6 heteroatoms. The lowest BCUT2D eigenvalue weighted by molar-refractivity contribution is 0.509. The Morgan fingerprint density at radius 1 is 1.28 bits per heavy atom. The Morgan fingerprint density at radius 2 is 2.17 bits per heavy atom. The average molecular weight is 244 g/mol. The highest BCUT2D eigenvalue weighted by atomic mass is 15.4. The number of aryl methyl sites for hydroxylation is 2. The molecule has 1 aliphatic rings. The van der Waals surface area contributed by atoms with Crippen LogP contribution >= 0.6 is 0 Å². The van der Waals surface area contributed by atoms with Crippen molar-refractivity contribution in [1.82, 2.24) is 24.7 Å². The van der Waals surface area contributed by atoms with E-state index in [4.69, 9.17) is 0 Å². The normalized spacial score (nSPS) is 14.7. The molecule has 0 aliphatic carbocycles. The minimum Gasteiger partial charge on any atom is -0.347 e. The third kappa shape index (κ3) is 1.94. The van der Waals surface area contributed by atoms with E-state index in [9.17, 15) is 0 Å². The lowest BCUT2D eigenvalue weighted by Crippen LogP contribution is -2.35. The molecule has 0 unspecified atom stereocenters. The standard InChI is InChI=1S/C12H16N6/c1-3-10-6-11(16-9(2)15-10)17-4-5-18-12(7-17)13-8-14-18/h6,8H,3-5,7H2,1-2H3. The van der Waals surface area contributed by atoms with Crippen LogP contribution in [0.15, 0.2) is 12.4 Å². The van der Waals surface area contributed by atoms with Crippen molar-refractivity contribution >= 4 is 5.82 Å². The first-order valence-electron chi connectivity index (χ1n) is 6.22. The van der Waals surface area contributed by atoms with Crippen LogP contribution in [-0.2, 0) is 19.5 Å². The maximum absolute atomic E-state index is 4.52. The molecule has 0 saturated carbocycles. The molecule has 0 fully saturated rings. The van der Waals surface area contributed by atoms with Crippen molar-refractivity contribution in [2.24, 2.45) is 0 Å². The quantitative estimate of drug-likeness (QED) is 0.787. The van der Waals surface area contributed by atoms with Crippen LogP contribution in [0.2, 0.25) is 0 Å². The van der Waals surface area contributed by atoms with Gasteiger partial charge in [-0.3, -0.25) is 0 Å². The Bertz CT molecular complexity index is 561. The second-order valence-electron chi connectivity index (χ2n) is 4.44. The van der Waals surface area contributed by atoms with Crippen molar-refractivity contribution in [3.63, 3.8) is 0 Å². The number of rotatable bonds is 2. The van der Waals surface area contributed by atoms with E-state index in [1.807, 2.05) is 11.6 Å². The summed E-state index contributed by atoms with van der Waals surface area (Å²) in [6.45, 7) is 6.59. The van der Waals surface area contributed by atoms with Crippen molar-refractivity contribution < 1.29 is 0 Å². The van der Waals surface area contributed by atoms with Gasteiger partial charge < -0.3 is 4.90 Å². The molecule has 0 saturated heterocycles. The predicted octanol–water partition coefficient (Wildman–Crippen LogP) is 0.959. The van der Waals surface area contributed by atoms with Gasteiger partial charge in [-0.05, 0) is 13.3 Å². The summed E-state index contributed by atoms with van der Waals surface area (Å²) < 4.78 is 1.95. The van der Waals surface area contributed by atoms with Crippen LogP contribution in [0.1, 0.15) is 24.3 Å². The Morgan fingerprint density at radius 3 is 3.00 bits per heavy atom. The molecule has 3 heterocycles. The molecule has 18 heavy (non-hydrogen) atoms. The van der Waals surface area contributed by atoms with E-state index in [1.165, 1.54) is 0 Å². The first-order valence-corrected chi connectivity index (χ1v) is 6.22. The second-order valence-corrected chi connectivity index (χ2v) is 4.44. The number of hydrogen-bond acceptors (Lipinski definition) is 5. The van der Waals surface area contributed by atoms with Crippen LogP contribution < -0.4 is 4.90 Å². The highest BCUT2D eigenvalue weighted by Crippen LogP contribution is 2.18. The van der Waals surface area contributed by atoms with Crippen LogP contribution in [0.25, 0.3) is 0 Å². The number of aromatic nitrogens is 5. The van der Waals surface area contributed by atoms with E-state index in [2.05, 4.69) is 37.9 Å². The van der Waals surface area contributed by atoms with Crippen LogP contribution in [0.3, 0.4) is 0 Å². The first-order chi connectivity index (χ1) is 8.76. The molecule has 0 amide bonds.